The molecule has 1 aliphatic rings. The van der Waals surface area contributed by atoms with Gasteiger partial charge >= 0.3 is 0 Å². The Kier molecular flexibility index (Phi) is 6.09. The second-order valence-corrected chi connectivity index (χ2v) is 7.70. The molecule has 0 bridgehead atoms. The highest BCUT2D eigenvalue weighted by Gasteiger charge is 2.34. The van der Waals surface area contributed by atoms with Crippen molar-refractivity contribution in [3.05, 3.63) is 95.3 Å². The molecule has 0 saturated carbocycles. The molecule has 1 aromatic heterocycles. The van der Waals surface area contributed by atoms with Crippen molar-refractivity contribution in [1.82, 2.24) is 9.88 Å². The topological polar surface area (TPSA) is 62.3 Å². The number of likely N-dealkylation sites (tertiary alicyclic amines) is 1. The Balaban J connectivity index is 1.38. The standard InChI is InChI=1S/C26H23N3O2/c1-19-8-10-21(11-9-19)17-29-18-22(16-25(29)30)26(31)28-24-7-4-5-20(15-24)12-13-23-6-2-3-14-27-23/h2-11,14-15,22H,16-18H2,1H3,(H,28,31). The van der Waals surface area contributed by atoms with Crippen LogP contribution in [0.1, 0.15) is 28.8 Å². The monoisotopic (exact) mass is 409 g/mol. The van der Waals surface area contributed by atoms with Crippen LogP contribution in [0.5, 0.6) is 0 Å². The molecule has 1 unspecified atom stereocenters. The van der Waals surface area contributed by atoms with Crippen LogP contribution >= 0.6 is 0 Å². The Morgan fingerprint density at radius 1 is 1.10 bits per heavy atom. The van der Waals surface area contributed by atoms with Crippen LogP contribution in [-0.2, 0) is 16.1 Å². The van der Waals surface area contributed by atoms with Crippen LogP contribution in [0, 0.1) is 24.7 Å². The highest BCUT2D eigenvalue weighted by atomic mass is 16.2. The lowest BCUT2D eigenvalue weighted by Gasteiger charge is -2.17. The zero-order chi connectivity index (χ0) is 21.6. The Hall–Kier alpha value is -3.91. The molecule has 1 aliphatic heterocycles. The first kappa shape index (κ1) is 20.4. The molecule has 1 saturated heterocycles. The van der Waals surface area contributed by atoms with Gasteiger partial charge in [-0.15, -0.1) is 0 Å². The van der Waals surface area contributed by atoms with Gasteiger partial charge in [-0.2, -0.15) is 0 Å². The Labute approximate surface area is 182 Å². The molecular weight excluding hydrogens is 386 g/mol. The summed E-state index contributed by atoms with van der Waals surface area (Å²) < 4.78 is 0. The minimum Gasteiger partial charge on any atom is -0.338 e. The van der Waals surface area contributed by atoms with Gasteiger partial charge in [0.2, 0.25) is 11.8 Å². The number of carbonyl (C=O) groups excluding carboxylic acids is 2. The van der Waals surface area contributed by atoms with E-state index in [0.717, 1.165) is 11.1 Å². The molecule has 1 atom stereocenters. The zero-order valence-corrected chi connectivity index (χ0v) is 17.3. The number of aromatic nitrogens is 1. The average molecular weight is 409 g/mol. The third-order valence-corrected chi connectivity index (χ3v) is 5.21. The van der Waals surface area contributed by atoms with Gasteiger partial charge in [-0.3, -0.25) is 9.59 Å². The lowest BCUT2D eigenvalue weighted by atomic mass is 10.1. The zero-order valence-electron chi connectivity index (χ0n) is 17.3. The molecule has 2 heterocycles. The van der Waals surface area contributed by atoms with Crippen LogP contribution in [0.2, 0.25) is 0 Å². The fourth-order valence-electron chi connectivity index (χ4n) is 3.51. The SMILES string of the molecule is Cc1ccc(CN2CC(C(=O)Nc3cccc(C#Cc4ccccn4)c3)CC2=O)cc1. The third kappa shape index (κ3) is 5.37. The number of benzene rings is 2. The van der Waals surface area contributed by atoms with E-state index in [2.05, 4.69) is 22.1 Å². The van der Waals surface area contributed by atoms with Crippen molar-refractivity contribution in [3.8, 4) is 11.8 Å². The van der Waals surface area contributed by atoms with Crippen LogP contribution in [0.4, 0.5) is 5.69 Å². The van der Waals surface area contributed by atoms with Gasteiger partial charge in [-0.05, 0) is 48.7 Å². The van der Waals surface area contributed by atoms with Crippen LogP contribution in [0.25, 0.3) is 0 Å². The van der Waals surface area contributed by atoms with E-state index in [-0.39, 0.29) is 24.2 Å². The summed E-state index contributed by atoms with van der Waals surface area (Å²) in [5.41, 5.74) is 4.39. The van der Waals surface area contributed by atoms with Crippen LogP contribution in [0.15, 0.2) is 72.9 Å². The van der Waals surface area contributed by atoms with Gasteiger partial charge in [0.25, 0.3) is 0 Å². The molecule has 1 fully saturated rings. The first-order chi connectivity index (χ1) is 15.1. The van der Waals surface area contributed by atoms with E-state index in [9.17, 15) is 9.59 Å². The predicted octanol–water partition coefficient (Wildman–Crippen LogP) is 3.78. The first-order valence-electron chi connectivity index (χ1n) is 10.2. The Morgan fingerprint density at radius 2 is 1.94 bits per heavy atom. The van der Waals surface area contributed by atoms with Gasteiger partial charge in [0, 0.05) is 37.0 Å². The van der Waals surface area contributed by atoms with Crippen molar-refractivity contribution >= 4 is 17.5 Å². The minimum atomic E-state index is -0.360. The fourth-order valence-corrected chi connectivity index (χ4v) is 3.51. The number of nitrogens with zero attached hydrogens (tertiary/aromatic N) is 2. The highest BCUT2D eigenvalue weighted by molar-refractivity contribution is 5.97. The third-order valence-electron chi connectivity index (χ3n) is 5.21. The lowest BCUT2D eigenvalue weighted by Crippen LogP contribution is -2.28. The number of amides is 2. The van der Waals surface area contributed by atoms with Gasteiger partial charge < -0.3 is 10.2 Å². The van der Waals surface area contributed by atoms with Gasteiger partial charge in [0.05, 0.1) is 5.92 Å². The van der Waals surface area contributed by atoms with Gasteiger partial charge in [-0.25, -0.2) is 4.98 Å². The molecular formula is C26H23N3O2. The lowest BCUT2D eigenvalue weighted by molar-refractivity contribution is -0.128. The van der Waals surface area contributed by atoms with Crippen molar-refractivity contribution < 1.29 is 9.59 Å². The van der Waals surface area contributed by atoms with E-state index in [1.54, 1.807) is 11.1 Å². The van der Waals surface area contributed by atoms with Crippen molar-refractivity contribution in [2.45, 2.75) is 19.9 Å². The molecule has 31 heavy (non-hydrogen) atoms. The van der Waals surface area contributed by atoms with Gasteiger partial charge in [0.1, 0.15) is 5.69 Å². The predicted molar refractivity (Wildman–Crippen MR) is 120 cm³/mol. The van der Waals surface area contributed by atoms with E-state index in [1.165, 1.54) is 5.56 Å². The van der Waals surface area contributed by atoms with E-state index < -0.39 is 0 Å². The molecule has 4 rings (SSSR count). The van der Waals surface area contributed by atoms with Crippen molar-refractivity contribution in [2.24, 2.45) is 5.92 Å². The van der Waals surface area contributed by atoms with Crippen LogP contribution < -0.4 is 5.32 Å². The number of anilines is 1. The van der Waals surface area contributed by atoms with Crippen LogP contribution in [-0.4, -0.2) is 28.2 Å². The number of aryl methyl sites for hydroxylation is 1. The molecule has 0 radical (unpaired) electrons. The number of hydrogen-bond acceptors (Lipinski definition) is 3. The van der Waals surface area contributed by atoms with Crippen molar-refractivity contribution in [3.63, 3.8) is 0 Å². The van der Waals surface area contributed by atoms with E-state index >= 15 is 0 Å². The van der Waals surface area contributed by atoms with Crippen LogP contribution in [0.3, 0.4) is 0 Å². The van der Waals surface area contributed by atoms with E-state index in [1.807, 2.05) is 73.7 Å². The van der Waals surface area contributed by atoms with Crippen molar-refractivity contribution in [2.75, 3.05) is 11.9 Å². The highest BCUT2D eigenvalue weighted by Crippen LogP contribution is 2.22. The molecule has 5 nitrogen and oxygen atoms in total. The summed E-state index contributed by atoms with van der Waals surface area (Å²) in [7, 11) is 0. The molecule has 3 aromatic rings. The maximum absolute atomic E-state index is 12.8. The summed E-state index contributed by atoms with van der Waals surface area (Å²) in [5.74, 6) is 5.58. The summed E-state index contributed by atoms with van der Waals surface area (Å²) in [6.07, 6.45) is 1.93. The van der Waals surface area contributed by atoms with Gasteiger partial charge in [0.15, 0.2) is 0 Å². The molecule has 154 valence electrons. The smallest absolute Gasteiger partial charge is 0.229 e. The summed E-state index contributed by atoms with van der Waals surface area (Å²) in [4.78, 5) is 31.1. The molecule has 1 N–H and O–H groups in total. The van der Waals surface area contributed by atoms with E-state index in [0.29, 0.717) is 24.5 Å². The number of rotatable bonds is 4. The largest absolute Gasteiger partial charge is 0.338 e. The quantitative estimate of drug-likeness (QED) is 0.667. The second kappa shape index (κ2) is 9.27. The molecule has 5 heteroatoms. The first-order valence-corrected chi connectivity index (χ1v) is 10.2. The van der Waals surface area contributed by atoms with Crippen molar-refractivity contribution in [1.29, 1.82) is 0 Å². The Morgan fingerprint density at radius 3 is 2.71 bits per heavy atom. The maximum atomic E-state index is 12.8. The molecule has 0 aliphatic carbocycles. The summed E-state index contributed by atoms with van der Waals surface area (Å²) in [5, 5.41) is 2.93. The summed E-state index contributed by atoms with van der Waals surface area (Å²) in [6, 6.07) is 21.1. The van der Waals surface area contributed by atoms with E-state index in [4.69, 9.17) is 0 Å². The van der Waals surface area contributed by atoms with Gasteiger partial charge in [-0.1, -0.05) is 47.9 Å². The second-order valence-electron chi connectivity index (χ2n) is 7.70. The average Bonchev–Trinajstić information content (AvgIpc) is 3.15. The summed E-state index contributed by atoms with van der Waals surface area (Å²) in [6.45, 7) is 2.99. The summed E-state index contributed by atoms with van der Waals surface area (Å²) >= 11 is 0. The molecule has 2 aromatic carbocycles. The fraction of sp³-hybridized carbons (Fsp3) is 0.192. The minimum absolute atomic E-state index is 0.00991. The number of nitrogens with one attached hydrogen (secondary N) is 1. The normalized spacial score (nSPS) is 15.3. The molecule has 0 spiro atoms. The Bertz CT molecular complexity index is 1140. The molecule has 2 amide bonds. The maximum Gasteiger partial charge on any atom is 0.229 e. The number of hydrogen-bond donors (Lipinski definition) is 1. The number of pyridine rings is 1. The number of carbonyl (C=O) groups is 2.